The summed E-state index contributed by atoms with van der Waals surface area (Å²) in [7, 11) is 0. The maximum atomic E-state index is 12.9. The quantitative estimate of drug-likeness (QED) is 0.617. The van der Waals surface area contributed by atoms with Gasteiger partial charge in [0.05, 0.1) is 23.5 Å². The molecule has 0 saturated carbocycles. The van der Waals surface area contributed by atoms with Crippen LogP contribution < -0.4 is 5.43 Å². The number of hydrazone groups is 1. The van der Waals surface area contributed by atoms with E-state index >= 15 is 0 Å². The second-order valence-corrected chi connectivity index (χ2v) is 7.89. The van der Waals surface area contributed by atoms with Gasteiger partial charge in [-0.25, -0.2) is 0 Å². The fourth-order valence-corrected chi connectivity index (χ4v) is 3.57. The first-order chi connectivity index (χ1) is 13.9. The topological polar surface area (TPSA) is 105 Å². The van der Waals surface area contributed by atoms with Crippen LogP contribution in [0.1, 0.15) is 47.7 Å². The van der Waals surface area contributed by atoms with Gasteiger partial charge in [0.1, 0.15) is 18.8 Å². The predicted molar refractivity (Wildman–Crippen MR) is 109 cm³/mol. The van der Waals surface area contributed by atoms with Crippen LogP contribution in [0.4, 0.5) is 5.69 Å². The van der Waals surface area contributed by atoms with E-state index in [9.17, 15) is 4.79 Å². The van der Waals surface area contributed by atoms with Crippen LogP contribution >= 0.6 is 0 Å². The molecule has 7 heteroatoms. The van der Waals surface area contributed by atoms with E-state index in [2.05, 4.69) is 24.4 Å². The van der Waals surface area contributed by atoms with Crippen LogP contribution in [-0.4, -0.2) is 29.6 Å². The smallest absolute Gasteiger partial charge is 0.291 e. The molecule has 1 aliphatic rings. The SMILES string of the molecule is Cc1c(C(=O)N(CC#N)CC#N)oc2c1/C(=N\Nc1ccccc1)CC(C)(C)C2. The number of nitrogens with one attached hydrogen (secondary N) is 1. The van der Waals surface area contributed by atoms with E-state index in [0.29, 0.717) is 17.7 Å². The van der Waals surface area contributed by atoms with Gasteiger partial charge in [0.2, 0.25) is 0 Å². The molecule has 0 spiro atoms. The molecular weight excluding hydrogens is 366 g/mol. The highest BCUT2D eigenvalue weighted by Crippen LogP contribution is 2.39. The predicted octanol–water partition coefficient (Wildman–Crippen LogP) is 3.87. The number of hydrogen-bond donors (Lipinski definition) is 1. The molecule has 1 aromatic heterocycles. The Hall–Kier alpha value is -3.58. The summed E-state index contributed by atoms with van der Waals surface area (Å²) in [5, 5.41) is 22.6. The number of carbonyl (C=O) groups is 1. The van der Waals surface area contributed by atoms with Crippen LogP contribution in [-0.2, 0) is 6.42 Å². The Morgan fingerprint density at radius 2 is 1.86 bits per heavy atom. The van der Waals surface area contributed by atoms with Crippen molar-refractivity contribution in [3.63, 3.8) is 0 Å². The van der Waals surface area contributed by atoms with Crippen molar-refractivity contribution >= 4 is 17.3 Å². The zero-order valence-electron chi connectivity index (χ0n) is 16.8. The fourth-order valence-electron chi connectivity index (χ4n) is 3.57. The molecule has 0 unspecified atom stereocenters. The van der Waals surface area contributed by atoms with Crippen LogP contribution in [0.5, 0.6) is 0 Å². The van der Waals surface area contributed by atoms with Crippen LogP contribution in [0.25, 0.3) is 0 Å². The van der Waals surface area contributed by atoms with Gasteiger partial charge in [0.25, 0.3) is 5.91 Å². The van der Waals surface area contributed by atoms with Crippen molar-refractivity contribution in [1.29, 1.82) is 10.5 Å². The third kappa shape index (κ3) is 4.30. The number of amides is 1. The fraction of sp³-hybridized carbons (Fsp3) is 0.364. The van der Waals surface area contributed by atoms with Crippen molar-refractivity contribution in [3.05, 3.63) is 53.0 Å². The number of carbonyl (C=O) groups excluding carboxylic acids is 1. The molecule has 1 amide bonds. The first-order valence-corrected chi connectivity index (χ1v) is 9.39. The van der Waals surface area contributed by atoms with Crippen molar-refractivity contribution in [2.75, 3.05) is 18.5 Å². The van der Waals surface area contributed by atoms with Gasteiger partial charge in [-0.3, -0.25) is 10.2 Å². The molecule has 0 atom stereocenters. The summed E-state index contributed by atoms with van der Waals surface area (Å²) in [5.41, 5.74) is 6.24. The average molecular weight is 389 g/mol. The van der Waals surface area contributed by atoms with Crippen molar-refractivity contribution in [2.24, 2.45) is 10.5 Å². The van der Waals surface area contributed by atoms with Gasteiger partial charge in [-0.1, -0.05) is 32.0 Å². The highest BCUT2D eigenvalue weighted by atomic mass is 16.4. The summed E-state index contributed by atoms with van der Waals surface area (Å²) in [5.74, 6) is 0.434. The lowest BCUT2D eigenvalue weighted by molar-refractivity contribution is 0.0759. The second kappa shape index (κ2) is 8.20. The number of fused-ring (bicyclic) bond motifs is 1. The number of nitriles is 2. The Morgan fingerprint density at radius 1 is 1.21 bits per heavy atom. The molecule has 3 rings (SSSR count). The van der Waals surface area contributed by atoms with Gasteiger partial charge in [0.15, 0.2) is 5.76 Å². The largest absolute Gasteiger partial charge is 0.455 e. The molecule has 2 aromatic rings. The maximum Gasteiger partial charge on any atom is 0.291 e. The van der Waals surface area contributed by atoms with Crippen molar-refractivity contribution in [3.8, 4) is 12.1 Å². The molecule has 29 heavy (non-hydrogen) atoms. The Bertz CT molecular complexity index is 1010. The lowest BCUT2D eigenvalue weighted by Gasteiger charge is -2.29. The van der Waals surface area contributed by atoms with Crippen LogP contribution in [0.15, 0.2) is 39.9 Å². The standard InChI is InChI=1S/C22H23N5O2/c1-15-19-17(26-25-16-7-5-4-6-8-16)13-22(2,3)14-18(19)29-20(15)21(28)27(11-9-23)12-10-24/h4-8,25H,11-14H2,1-3H3/b26-17-. The molecule has 0 radical (unpaired) electrons. The van der Waals surface area contributed by atoms with Gasteiger partial charge in [-0.2, -0.15) is 15.6 Å². The molecule has 7 nitrogen and oxygen atoms in total. The zero-order valence-corrected chi connectivity index (χ0v) is 16.8. The molecule has 0 saturated heterocycles. The van der Waals surface area contributed by atoms with E-state index in [1.165, 1.54) is 4.90 Å². The molecule has 1 N–H and O–H groups in total. The second-order valence-electron chi connectivity index (χ2n) is 7.89. The van der Waals surface area contributed by atoms with E-state index in [0.717, 1.165) is 23.4 Å². The number of rotatable bonds is 5. The minimum Gasteiger partial charge on any atom is -0.455 e. The van der Waals surface area contributed by atoms with Gasteiger partial charge >= 0.3 is 0 Å². The van der Waals surface area contributed by atoms with E-state index in [1.54, 1.807) is 0 Å². The number of para-hydroxylation sites is 1. The molecule has 0 fully saturated rings. The molecule has 1 aliphatic carbocycles. The molecular formula is C22H23N5O2. The molecule has 1 aromatic carbocycles. The van der Waals surface area contributed by atoms with Gasteiger partial charge in [0, 0.05) is 17.5 Å². The van der Waals surface area contributed by atoms with E-state index in [-0.39, 0.29) is 24.3 Å². The minimum atomic E-state index is -0.451. The Balaban J connectivity index is 2.00. The Morgan fingerprint density at radius 3 is 2.48 bits per heavy atom. The van der Waals surface area contributed by atoms with Crippen molar-refractivity contribution in [2.45, 2.75) is 33.6 Å². The highest BCUT2D eigenvalue weighted by Gasteiger charge is 2.36. The van der Waals surface area contributed by atoms with Crippen LogP contribution in [0.2, 0.25) is 0 Å². The molecule has 1 heterocycles. The summed E-state index contributed by atoms with van der Waals surface area (Å²) >= 11 is 0. The lowest BCUT2D eigenvalue weighted by atomic mass is 9.75. The van der Waals surface area contributed by atoms with Gasteiger partial charge < -0.3 is 9.32 Å². The molecule has 0 bridgehead atoms. The number of anilines is 1. The third-order valence-corrected chi connectivity index (χ3v) is 4.89. The van der Waals surface area contributed by atoms with Crippen LogP contribution in [0, 0.1) is 35.0 Å². The Kier molecular flexibility index (Phi) is 5.70. The lowest BCUT2D eigenvalue weighted by Crippen LogP contribution is -2.32. The highest BCUT2D eigenvalue weighted by molar-refractivity contribution is 6.07. The third-order valence-electron chi connectivity index (χ3n) is 4.89. The van der Waals surface area contributed by atoms with E-state index < -0.39 is 5.91 Å². The van der Waals surface area contributed by atoms with Crippen molar-refractivity contribution in [1.82, 2.24) is 4.90 Å². The molecule has 148 valence electrons. The van der Waals surface area contributed by atoms with E-state index in [1.807, 2.05) is 49.4 Å². The summed E-state index contributed by atoms with van der Waals surface area (Å²) in [6, 6.07) is 13.5. The first-order valence-electron chi connectivity index (χ1n) is 9.39. The zero-order chi connectivity index (χ0) is 21.0. The summed E-state index contributed by atoms with van der Waals surface area (Å²) in [6.07, 6.45) is 1.41. The molecule has 0 aliphatic heterocycles. The normalized spacial score (nSPS) is 15.8. The van der Waals surface area contributed by atoms with Gasteiger partial charge in [-0.05, 0) is 30.9 Å². The number of nitrogens with zero attached hydrogens (tertiary/aromatic N) is 4. The monoisotopic (exact) mass is 389 g/mol. The van der Waals surface area contributed by atoms with E-state index in [4.69, 9.17) is 14.9 Å². The summed E-state index contributed by atoms with van der Waals surface area (Å²) in [6.45, 7) is 5.75. The average Bonchev–Trinajstić information content (AvgIpc) is 3.01. The minimum absolute atomic E-state index is 0.0756. The first kappa shape index (κ1) is 20.2. The number of hydrogen-bond acceptors (Lipinski definition) is 6. The van der Waals surface area contributed by atoms with Crippen LogP contribution in [0.3, 0.4) is 0 Å². The Labute approximate surface area is 170 Å². The van der Waals surface area contributed by atoms with Crippen molar-refractivity contribution < 1.29 is 9.21 Å². The number of furan rings is 1. The number of benzene rings is 1. The summed E-state index contributed by atoms with van der Waals surface area (Å²) < 4.78 is 5.97. The van der Waals surface area contributed by atoms with Gasteiger partial charge in [-0.15, -0.1) is 0 Å². The summed E-state index contributed by atoms with van der Waals surface area (Å²) in [4.78, 5) is 14.1. The maximum absolute atomic E-state index is 12.9.